The van der Waals surface area contributed by atoms with Crippen molar-refractivity contribution < 1.29 is 4.74 Å². The first-order valence-electron chi connectivity index (χ1n) is 6.27. The molecule has 0 aliphatic heterocycles. The number of ether oxygens (including phenoxy) is 1. The number of benzene rings is 1. The van der Waals surface area contributed by atoms with Crippen LogP contribution in [-0.2, 0) is 0 Å². The molecule has 0 radical (unpaired) electrons. The second-order valence-electron chi connectivity index (χ2n) is 4.39. The van der Waals surface area contributed by atoms with Gasteiger partial charge < -0.3 is 15.4 Å². The van der Waals surface area contributed by atoms with Crippen molar-refractivity contribution in [2.75, 3.05) is 32.1 Å². The Morgan fingerprint density at radius 3 is 2.65 bits per heavy atom. The Morgan fingerprint density at radius 2 is 2.06 bits per heavy atom. The lowest BCUT2D eigenvalue weighted by molar-refractivity contribution is 0.413. The molecule has 3 nitrogen and oxygen atoms in total. The Hall–Kier alpha value is -1.22. The fraction of sp³-hybridized carbons (Fsp3) is 0.571. The highest BCUT2D eigenvalue weighted by molar-refractivity contribution is 5.57. The van der Waals surface area contributed by atoms with Gasteiger partial charge in [0.1, 0.15) is 5.75 Å². The topological polar surface area (TPSA) is 38.5 Å². The maximum atomic E-state index is 5.72. The van der Waals surface area contributed by atoms with Gasteiger partial charge in [-0.2, -0.15) is 0 Å². The Balaban J connectivity index is 2.60. The molecule has 1 atom stereocenters. The molecule has 3 heteroatoms. The summed E-state index contributed by atoms with van der Waals surface area (Å²) in [5.74, 6) is 1.54. The molecule has 96 valence electrons. The number of para-hydroxylation sites is 2. The van der Waals surface area contributed by atoms with Gasteiger partial charge in [-0.25, -0.2) is 0 Å². The number of methoxy groups -OCH3 is 1. The maximum absolute atomic E-state index is 5.72. The minimum Gasteiger partial charge on any atom is -0.495 e. The van der Waals surface area contributed by atoms with E-state index in [9.17, 15) is 0 Å². The summed E-state index contributed by atoms with van der Waals surface area (Å²) in [5.41, 5.74) is 6.86. The highest BCUT2D eigenvalue weighted by atomic mass is 16.5. The molecule has 0 aromatic heterocycles. The zero-order valence-corrected chi connectivity index (χ0v) is 11.1. The molecule has 0 spiro atoms. The van der Waals surface area contributed by atoms with Crippen LogP contribution in [0.5, 0.6) is 5.75 Å². The molecular formula is C14H24N2O. The minimum atomic E-state index is 0.618. The summed E-state index contributed by atoms with van der Waals surface area (Å²) in [6, 6.07) is 8.10. The van der Waals surface area contributed by atoms with Crippen molar-refractivity contribution in [3.05, 3.63) is 24.3 Å². The van der Waals surface area contributed by atoms with E-state index < -0.39 is 0 Å². The predicted molar refractivity (Wildman–Crippen MR) is 73.7 cm³/mol. The zero-order chi connectivity index (χ0) is 12.7. The summed E-state index contributed by atoms with van der Waals surface area (Å²) < 4.78 is 5.36. The van der Waals surface area contributed by atoms with E-state index in [1.54, 1.807) is 7.11 Å². The third kappa shape index (κ3) is 3.93. The van der Waals surface area contributed by atoms with E-state index in [1.807, 2.05) is 18.2 Å². The second-order valence-corrected chi connectivity index (χ2v) is 4.39. The molecule has 1 unspecified atom stereocenters. The fourth-order valence-corrected chi connectivity index (χ4v) is 1.93. The quantitative estimate of drug-likeness (QED) is 0.790. The van der Waals surface area contributed by atoms with Crippen molar-refractivity contribution in [1.82, 2.24) is 0 Å². The molecule has 1 aromatic rings. The fourth-order valence-electron chi connectivity index (χ4n) is 1.93. The van der Waals surface area contributed by atoms with Gasteiger partial charge in [-0.05, 0) is 31.0 Å². The van der Waals surface area contributed by atoms with E-state index in [0.29, 0.717) is 5.92 Å². The van der Waals surface area contributed by atoms with Gasteiger partial charge in [-0.1, -0.05) is 25.5 Å². The Bertz CT molecular complexity index is 324. The lowest BCUT2D eigenvalue weighted by Gasteiger charge is -2.23. The molecular weight excluding hydrogens is 212 g/mol. The van der Waals surface area contributed by atoms with Crippen molar-refractivity contribution in [2.45, 2.75) is 19.8 Å². The van der Waals surface area contributed by atoms with Crippen molar-refractivity contribution in [3.63, 3.8) is 0 Å². The van der Waals surface area contributed by atoms with Crippen LogP contribution < -0.4 is 15.4 Å². The first-order chi connectivity index (χ1) is 8.22. The maximum Gasteiger partial charge on any atom is 0.142 e. The third-order valence-corrected chi connectivity index (χ3v) is 3.28. The Morgan fingerprint density at radius 1 is 1.35 bits per heavy atom. The largest absolute Gasteiger partial charge is 0.495 e. The first-order valence-corrected chi connectivity index (χ1v) is 6.27. The van der Waals surface area contributed by atoms with Crippen LogP contribution in [0, 0.1) is 5.92 Å². The van der Waals surface area contributed by atoms with Gasteiger partial charge in [-0.3, -0.25) is 0 Å². The van der Waals surface area contributed by atoms with Crippen molar-refractivity contribution in [2.24, 2.45) is 11.7 Å². The lowest BCUT2D eigenvalue weighted by atomic mass is 10.0. The van der Waals surface area contributed by atoms with Crippen LogP contribution in [-0.4, -0.2) is 27.2 Å². The number of nitrogens with two attached hydrogens (primary N) is 1. The molecule has 0 aliphatic rings. The number of nitrogens with zero attached hydrogens (tertiary/aromatic N) is 1. The van der Waals surface area contributed by atoms with E-state index in [2.05, 4.69) is 24.9 Å². The number of hydrogen-bond acceptors (Lipinski definition) is 3. The SMILES string of the molecule is CCC(CN)CCN(C)c1ccccc1OC. The summed E-state index contributed by atoms with van der Waals surface area (Å²) in [6.07, 6.45) is 2.28. The zero-order valence-electron chi connectivity index (χ0n) is 11.1. The molecule has 0 fully saturated rings. The smallest absolute Gasteiger partial charge is 0.142 e. The lowest BCUT2D eigenvalue weighted by Crippen LogP contribution is -2.24. The van der Waals surface area contributed by atoms with Crippen LogP contribution in [0.25, 0.3) is 0 Å². The average molecular weight is 236 g/mol. The molecule has 0 bridgehead atoms. The van der Waals surface area contributed by atoms with Gasteiger partial charge in [0.15, 0.2) is 0 Å². The highest BCUT2D eigenvalue weighted by Crippen LogP contribution is 2.26. The molecule has 1 rings (SSSR count). The predicted octanol–water partition coefficient (Wildman–Crippen LogP) is 2.51. The van der Waals surface area contributed by atoms with Crippen LogP contribution in [0.1, 0.15) is 19.8 Å². The van der Waals surface area contributed by atoms with E-state index >= 15 is 0 Å². The number of rotatable bonds is 7. The van der Waals surface area contributed by atoms with Crippen LogP contribution in [0.4, 0.5) is 5.69 Å². The molecule has 1 aromatic carbocycles. The Kier molecular flexibility index (Phi) is 5.84. The summed E-state index contributed by atoms with van der Waals surface area (Å²) in [6.45, 7) is 3.98. The van der Waals surface area contributed by atoms with Crippen LogP contribution in [0.15, 0.2) is 24.3 Å². The highest BCUT2D eigenvalue weighted by Gasteiger charge is 2.09. The summed E-state index contributed by atoms with van der Waals surface area (Å²) in [7, 11) is 3.81. The standard InChI is InChI=1S/C14H24N2O/c1-4-12(11-15)9-10-16(2)13-7-5-6-8-14(13)17-3/h5-8,12H,4,9-11,15H2,1-3H3. The van der Waals surface area contributed by atoms with Crippen LogP contribution >= 0.6 is 0 Å². The van der Waals surface area contributed by atoms with Crippen molar-refractivity contribution in [1.29, 1.82) is 0 Å². The number of hydrogen-bond donors (Lipinski definition) is 1. The van der Waals surface area contributed by atoms with E-state index in [1.165, 1.54) is 0 Å². The van der Waals surface area contributed by atoms with Gasteiger partial charge in [0.25, 0.3) is 0 Å². The van der Waals surface area contributed by atoms with Gasteiger partial charge >= 0.3 is 0 Å². The molecule has 0 amide bonds. The van der Waals surface area contributed by atoms with E-state index in [-0.39, 0.29) is 0 Å². The Labute approximate surface area is 105 Å². The second kappa shape index (κ2) is 7.17. The van der Waals surface area contributed by atoms with Gasteiger partial charge in [0.2, 0.25) is 0 Å². The first kappa shape index (κ1) is 13.8. The van der Waals surface area contributed by atoms with E-state index in [0.717, 1.165) is 37.4 Å². The molecule has 0 aliphatic carbocycles. The monoisotopic (exact) mass is 236 g/mol. The molecule has 2 N–H and O–H groups in total. The molecule has 17 heavy (non-hydrogen) atoms. The minimum absolute atomic E-state index is 0.618. The normalized spacial score (nSPS) is 12.2. The van der Waals surface area contributed by atoms with Gasteiger partial charge in [0.05, 0.1) is 12.8 Å². The van der Waals surface area contributed by atoms with Crippen LogP contribution in [0.3, 0.4) is 0 Å². The molecule has 0 saturated heterocycles. The van der Waals surface area contributed by atoms with Gasteiger partial charge in [-0.15, -0.1) is 0 Å². The molecule has 0 heterocycles. The van der Waals surface area contributed by atoms with Crippen molar-refractivity contribution in [3.8, 4) is 5.75 Å². The summed E-state index contributed by atoms with van der Waals surface area (Å²) in [4.78, 5) is 2.23. The van der Waals surface area contributed by atoms with Crippen molar-refractivity contribution >= 4 is 5.69 Å². The number of anilines is 1. The third-order valence-electron chi connectivity index (χ3n) is 3.28. The molecule has 0 saturated carbocycles. The average Bonchev–Trinajstić information content (AvgIpc) is 2.39. The van der Waals surface area contributed by atoms with E-state index in [4.69, 9.17) is 10.5 Å². The summed E-state index contributed by atoms with van der Waals surface area (Å²) >= 11 is 0. The summed E-state index contributed by atoms with van der Waals surface area (Å²) in [5, 5.41) is 0. The van der Waals surface area contributed by atoms with Crippen LogP contribution in [0.2, 0.25) is 0 Å². The van der Waals surface area contributed by atoms with Gasteiger partial charge in [0, 0.05) is 13.6 Å².